The second kappa shape index (κ2) is 4.91. The van der Waals surface area contributed by atoms with Crippen molar-refractivity contribution in [3.63, 3.8) is 0 Å². The first-order chi connectivity index (χ1) is 9.93. The monoisotopic (exact) mass is 295 g/mol. The van der Waals surface area contributed by atoms with Gasteiger partial charge in [0, 0.05) is 17.5 Å². The number of anilines is 1. The maximum Gasteiger partial charge on any atom is 0.416 e. The van der Waals surface area contributed by atoms with Crippen molar-refractivity contribution < 1.29 is 18.0 Å². The highest BCUT2D eigenvalue weighted by atomic mass is 19.4. The summed E-state index contributed by atoms with van der Waals surface area (Å²) in [6.45, 7) is 0. The van der Waals surface area contributed by atoms with E-state index >= 15 is 0 Å². The minimum atomic E-state index is -4.41. The molecule has 2 aromatic rings. The Labute approximate surface area is 118 Å². The highest BCUT2D eigenvalue weighted by Crippen LogP contribution is 2.39. The molecule has 0 bridgehead atoms. The molecular formula is C14H12F3N3O. The number of carbonyl (C=O) groups is 1. The van der Waals surface area contributed by atoms with Crippen molar-refractivity contribution in [2.75, 3.05) is 5.32 Å². The van der Waals surface area contributed by atoms with Gasteiger partial charge in [0.1, 0.15) is 5.82 Å². The van der Waals surface area contributed by atoms with Gasteiger partial charge in [-0.05, 0) is 37.1 Å². The number of hydrogen-bond acceptors (Lipinski definition) is 2. The van der Waals surface area contributed by atoms with Crippen LogP contribution in [0.3, 0.4) is 0 Å². The van der Waals surface area contributed by atoms with Gasteiger partial charge in [0.2, 0.25) is 0 Å². The molecule has 2 N–H and O–H groups in total. The molecule has 4 nitrogen and oxygen atoms in total. The Hall–Kier alpha value is -2.31. The molecule has 7 heteroatoms. The lowest BCUT2D eigenvalue weighted by Gasteiger charge is -2.07. The van der Waals surface area contributed by atoms with Gasteiger partial charge in [0.05, 0.1) is 11.3 Å². The van der Waals surface area contributed by atoms with Crippen molar-refractivity contribution in [1.29, 1.82) is 0 Å². The predicted molar refractivity (Wildman–Crippen MR) is 70.0 cm³/mol. The van der Waals surface area contributed by atoms with Crippen molar-refractivity contribution in [3.05, 3.63) is 47.2 Å². The molecule has 1 saturated carbocycles. The molecule has 1 aliphatic carbocycles. The minimum Gasteiger partial charge on any atom is -0.307 e. The number of halogens is 3. The lowest BCUT2D eigenvalue weighted by Crippen LogP contribution is -2.13. The van der Waals surface area contributed by atoms with Crippen LogP contribution in [-0.4, -0.2) is 16.1 Å². The Bertz CT molecular complexity index is 657. The first-order valence-electron chi connectivity index (χ1n) is 6.47. The van der Waals surface area contributed by atoms with Gasteiger partial charge in [-0.2, -0.15) is 18.3 Å². The van der Waals surface area contributed by atoms with Crippen LogP contribution in [0.1, 0.15) is 40.4 Å². The summed E-state index contributed by atoms with van der Waals surface area (Å²) in [5, 5.41) is 9.37. The summed E-state index contributed by atoms with van der Waals surface area (Å²) in [6.07, 6.45) is -2.22. The van der Waals surface area contributed by atoms with Crippen LogP contribution in [0.5, 0.6) is 0 Å². The van der Waals surface area contributed by atoms with Gasteiger partial charge in [-0.15, -0.1) is 0 Å². The maximum atomic E-state index is 12.4. The van der Waals surface area contributed by atoms with Crippen LogP contribution in [0.15, 0.2) is 30.3 Å². The zero-order chi connectivity index (χ0) is 15.0. The molecule has 0 saturated heterocycles. The summed E-state index contributed by atoms with van der Waals surface area (Å²) in [6, 6.07) is 5.82. The van der Waals surface area contributed by atoms with Gasteiger partial charge in [0.25, 0.3) is 5.91 Å². The van der Waals surface area contributed by atoms with Crippen LogP contribution in [0.4, 0.5) is 19.0 Å². The fourth-order valence-corrected chi connectivity index (χ4v) is 1.99. The largest absolute Gasteiger partial charge is 0.416 e. The summed E-state index contributed by atoms with van der Waals surface area (Å²) in [4.78, 5) is 11.9. The van der Waals surface area contributed by atoms with E-state index in [1.165, 1.54) is 0 Å². The van der Waals surface area contributed by atoms with E-state index in [4.69, 9.17) is 0 Å². The van der Waals surface area contributed by atoms with E-state index in [1.54, 1.807) is 6.07 Å². The number of benzene rings is 1. The third kappa shape index (κ3) is 3.07. The molecule has 1 aromatic heterocycles. The van der Waals surface area contributed by atoms with E-state index in [0.717, 1.165) is 42.8 Å². The van der Waals surface area contributed by atoms with Crippen LogP contribution in [0.2, 0.25) is 0 Å². The van der Waals surface area contributed by atoms with Crippen LogP contribution in [0, 0.1) is 0 Å². The summed E-state index contributed by atoms with van der Waals surface area (Å²) < 4.78 is 37.3. The van der Waals surface area contributed by atoms with E-state index in [9.17, 15) is 18.0 Å². The molecule has 0 unspecified atom stereocenters. The number of aromatic nitrogens is 2. The zero-order valence-corrected chi connectivity index (χ0v) is 10.9. The van der Waals surface area contributed by atoms with E-state index < -0.39 is 17.6 Å². The van der Waals surface area contributed by atoms with Crippen LogP contribution < -0.4 is 5.32 Å². The van der Waals surface area contributed by atoms with Crippen molar-refractivity contribution >= 4 is 11.7 Å². The fourth-order valence-electron chi connectivity index (χ4n) is 1.99. The third-order valence-electron chi connectivity index (χ3n) is 3.32. The quantitative estimate of drug-likeness (QED) is 0.909. The average molecular weight is 295 g/mol. The molecule has 1 fully saturated rings. The standard InChI is InChI=1S/C14H12F3N3O/c15-14(16,17)10-5-3-9(4-6-10)13(21)18-12-7-11(19-20-12)8-1-2-8/h3-8H,1-2H2,(H2,18,19,20,21). The van der Waals surface area contributed by atoms with Crippen LogP contribution >= 0.6 is 0 Å². The van der Waals surface area contributed by atoms with Gasteiger partial charge in [-0.1, -0.05) is 0 Å². The van der Waals surface area contributed by atoms with E-state index in [2.05, 4.69) is 15.5 Å². The normalized spacial score (nSPS) is 15.0. The Morgan fingerprint density at radius 2 is 1.90 bits per heavy atom. The summed E-state index contributed by atoms with van der Waals surface area (Å²) in [5.74, 6) is 0.425. The molecule has 0 aliphatic heterocycles. The van der Waals surface area contributed by atoms with E-state index in [1.807, 2.05) is 0 Å². The second-order valence-corrected chi connectivity index (χ2v) is 5.01. The lowest BCUT2D eigenvalue weighted by molar-refractivity contribution is -0.137. The highest BCUT2D eigenvalue weighted by molar-refractivity contribution is 6.03. The van der Waals surface area contributed by atoms with Gasteiger partial charge >= 0.3 is 6.18 Å². The molecule has 0 atom stereocenters. The van der Waals surface area contributed by atoms with Gasteiger partial charge in [-0.25, -0.2) is 0 Å². The molecule has 1 aliphatic rings. The Morgan fingerprint density at radius 1 is 1.24 bits per heavy atom. The number of amides is 1. The third-order valence-corrected chi connectivity index (χ3v) is 3.32. The topological polar surface area (TPSA) is 57.8 Å². The highest BCUT2D eigenvalue weighted by Gasteiger charge is 2.30. The first-order valence-corrected chi connectivity index (χ1v) is 6.47. The summed E-state index contributed by atoms with van der Waals surface area (Å²) in [5.41, 5.74) is 0.278. The van der Waals surface area contributed by atoms with Crippen LogP contribution in [-0.2, 0) is 6.18 Å². The molecule has 21 heavy (non-hydrogen) atoms. The maximum absolute atomic E-state index is 12.4. The molecular weight excluding hydrogens is 283 g/mol. The van der Waals surface area contributed by atoms with Gasteiger partial charge in [0.15, 0.2) is 0 Å². The number of rotatable bonds is 3. The molecule has 1 aromatic carbocycles. The summed E-state index contributed by atoms with van der Waals surface area (Å²) >= 11 is 0. The van der Waals surface area contributed by atoms with Gasteiger partial charge < -0.3 is 5.32 Å². The number of hydrogen-bond donors (Lipinski definition) is 2. The molecule has 0 spiro atoms. The minimum absolute atomic E-state index is 0.158. The number of carbonyl (C=O) groups excluding carboxylic acids is 1. The molecule has 1 heterocycles. The Kier molecular flexibility index (Phi) is 3.19. The number of nitrogens with one attached hydrogen (secondary N) is 2. The Balaban J connectivity index is 1.69. The van der Waals surface area contributed by atoms with Crippen molar-refractivity contribution in [2.45, 2.75) is 24.9 Å². The number of alkyl halides is 3. The molecule has 0 radical (unpaired) electrons. The average Bonchev–Trinajstić information content (AvgIpc) is 3.19. The number of H-pyrrole nitrogens is 1. The van der Waals surface area contributed by atoms with Crippen LogP contribution in [0.25, 0.3) is 0 Å². The fraction of sp³-hybridized carbons (Fsp3) is 0.286. The van der Waals surface area contributed by atoms with Crippen molar-refractivity contribution in [3.8, 4) is 0 Å². The second-order valence-electron chi connectivity index (χ2n) is 5.01. The number of nitrogens with zero attached hydrogens (tertiary/aromatic N) is 1. The SMILES string of the molecule is O=C(Nc1cc(C2CC2)n[nH]1)c1ccc(C(F)(F)F)cc1. The first kappa shape index (κ1) is 13.7. The van der Waals surface area contributed by atoms with Crippen molar-refractivity contribution in [1.82, 2.24) is 10.2 Å². The summed E-state index contributed by atoms with van der Waals surface area (Å²) in [7, 11) is 0. The smallest absolute Gasteiger partial charge is 0.307 e. The van der Waals surface area contributed by atoms with Crippen molar-refractivity contribution in [2.24, 2.45) is 0 Å². The molecule has 3 rings (SSSR count). The molecule has 1 amide bonds. The predicted octanol–water partition coefficient (Wildman–Crippen LogP) is 3.56. The zero-order valence-electron chi connectivity index (χ0n) is 10.9. The van der Waals surface area contributed by atoms with E-state index in [-0.39, 0.29) is 5.56 Å². The Morgan fingerprint density at radius 3 is 2.48 bits per heavy atom. The lowest BCUT2D eigenvalue weighted by atomic mass is 10.1. The number of aromatic amines is 1. The van der Waals surface area contributed by atoms with E-state index in [0.29, 0.717) is 11.7 Å². The van der Waals surface area contributed by atoms with Gasteiger partial charge in [-0.3, -0.25) is 9.89 Å². The molecule has 110 valence electrons.